The van der Waals surface area contributed by atoms with Gasteiger partial charge in [-0.1, -0.05) is 30.0 Å². The van der Waals surface area contributed by atoms with Crippen molar-refractivity contribution in [2.24, 2.45) is 0 Å². The second-order valence-corrected chi connectivity index (χ2v) is 6.64. The van der Waals surface area contributed by atoms with E-state index in [1.54, 1.807) is 30.3 Å². The van der Waals surface area contributed by atoms with Crippen LogP contribution in [0.25, 0.3) is 10.2 Å². The largest absolute Gasteiger partial charge is 0.508 e. The van der Waals surface area contributed by atoms with Gasteiger partial charge < -0.3 is 15.7 Å². The number of carbonyl (C=O) groups is 2. The first-order chi connectivity index (χ1) is 12.5. The molecular formula is C19H17N3O3S. The number of hydrogen-bond acceptors (Lipinski definition) is 5. The average Bonchev–Trinajstić information content (AvgIpc) is 3.02. The zero-order valence-electron chi connectivity index (χ0n) is 13.9. The molecule has 26 heavy (non-hydrogen) atoms. The molecule has 0 saturated heterocycles. The summed E-state index contributed by atoms with van der Waals surface area (Å²) in [5, 5.41) is 15.4. The minimum absolute atomic E-state index is 0.127. The summed E-state index contributed by atoms with van der Waals surface area (Å²) in [4.78, 5) is 27.7. The second kappa shape index (κ2) is 7.79. The Bertz CT molecular complexity index is 964. The van der Waals surface area contributed by atoms with E-state index in [0.717, 1.165) is 15.8 Å². The highest BCUT2D eigenvalue weighted by Crippen LogP contribution is 2.28. The summed E-state index contributed by atoms with van der Waals surface area (Å²) >= 11 is 1.32. The predicted molar refractivity (Wildman–Crippen MR) is 104 cm³/mol. The maximum Gasteiger partial charge on any atom is 0.247 e. The number of aromatic hydroxyl groups is 1. The van der Waals surface area contributed by atoms with Crippen LogP contribution < -0.4 is 10.6 Å². The number of aryl methyl sites for hydroxylation is 1. The van der Waals surface area contributed by atoms with Gasteiger partial charge in [0.1, 0.15) is 5.75 Å². The summed E-state index contributed by atoms with van der Waals surface area (Å²) < 4.78 is 0.817. The summed E-state index contributed by atoms with van der Waals surface area (Å²) in [7, 11) is 0. The molecule has 0 bridgehead atoms. The first-order valence-corrected chi connectivity index (χ1v) is 8.77. The summed E-state index contributed by atoms with van der Waals surface area (Å²) in [5.41, 5.74) is 2.41. The Morgan fingerprint density at radius 2 is 1.92 bits per heavy atom. The third kappa shape index (κ3) is 4.46. The number of carbonyl (C=O) groups excluding carboxylic acids is 2. The van der Waals surface area contributed by atoms with Crippen molar-refractivity contribution in [2.45, 2.75) is 12.8 Å². The van der Waals surface area contributed by atoms with Gasteiger partial charge in [-0.15, -0.1) is 0 Å². The molecule has 0 fully saturated rings. The van der Waals surface area contributed by atoms with Crippen molar-refractivity contribution in [1.82, 2.24) is 4.98 Å². The lowest BCUT2D eigenvalue weighted by Gasteiger charge is -2.05. The van der Waals surface area contributed by atoms with Crippen LogP contribution in [0.2, 0.25) is 0 Å². The molecule has 2 aromatic carbocycles. The van der Waals surface area contributed by atoms with Gasteiger partial charge >= 0.3 is 0 Å². The van der Waals surface area contributed by atoms with Crippen LogP contribution in [-0.2, 0) is 16.0 Å². The molecule has 1 aromatic heterocycles. The minimum Gasteiger partial charge on any atom is -0.508 e. The highest BCUT2D eigenvalue weighted by molar-refractivity contribution is 7.22. The van der Waals surface area contributed by atoms with E-state index in [0.29, 0.717) is 23.7 Å². The Kier molecular flexibility index (Phi) is 5.28. The third-order valence-corrected chi connectivity index (χ3v) is 4.60. The molecule has 3 N–H and O–H groups in total. The molecule has 0 atom stereocenters. The van der Waals surface area contributed by atoms with Gasteiger partial charge in [0.2, 0.25) is 11.8 Å². The summed E-state index contributed by atoms with van der Waals surface area (Å²) in [6, 6.07) is 12.2. The van der Waals surface area contributed by atoms with Gasteiger partial charge in [-0.05, 0) is 48.4 Å². The Morgan fingerprint density at radius 1 is 1.15 bits per heavy atom. The number of amides is 2. The molecule has 6 nitrogen and oxygen atoms in total. The van der Waals surface area contributed by atoms with Crippen LogP contribution in [0.15, 0.2) is 55.1 Å². The van der Waals surface area contributed by atoms with Gasteiger partial charge in [-0.3, -0.25) is 9.59 Å². The molecule has 0 spiro atoms. The van der Waals surface area contributed by atoms with Crippen molar-refractivity contribution < 1.29 is 14.7 Å². The van der Waals surface area contributed by atoms with Gasteiger partial charge in [0, 0.05) is 12.1 Å². The van der Waals surface area contributed by atoms with Gasteiger partial charge in [0.15, 0.2) is 5.13 Å². The summed E-state index contributed by atoms with van der Waals surface area (Å²) in [6.45, 7) is 3.40. The first-order valence-electron chi connectivity index (χ1n) is 7.95. The molecule has 0 aliphatic rings. The van der Waals surface area contributed by atoms with Crippen LogP contribution in [0.4, 0.5) is 10.8 Å². The number of thiazole rings is 1. The molecule has 0 saturated carbocycles. The van der Waals surface area contributed by atoms with Crippen molar-refractivity contribution in [3.63, 3.8) is 0 Å². The molecule has 0 aliphatic heterocycles. The number of hydrogen-bond donors (Lipinski definition) is 3. The minimum atomic E-state index is -0.263. The Hall–Kier alpha value is -3.19. The van der Waals surface area contributed by atoms with E-state index in [2.05, 4.69) is 22.2 Å². The molecule has 3 rings (SSSR count). The normalized spacial score (nSPS) is 10.5. The Labute approximate surface area is 154 Å². The lowest BCUT2D eigenvalue weighted by molar-refractivity contribution is -0.116. The number of aromatic nitrogens is 1. The van der Waals surface area contributed by atoms with Gasteiger partial charge in [-0.25, -0.2) is 4.98 Å². The van der Waals surface area contributed by atoms with E-state index in [9.17, 15) is 14.7 Å². The average molecular weight is 367 g/mol. The van der Waals surface area contributed by atoms with Crippen molar-refractivity contribution in [3.05, 3.63) is 60.7 Å². The van der Waals surface area contributed by atoms with Crippen molar-refractivity contribution >= 4 is 44.2 Å². The molecule has 2 amide bonds. The fraction of sp³-hybridized carbons (Fsp3) is 0.105. The van der Waals surface area contributed by atoms with E-state index in [1.165, 1.54) is 17.4 Å². The second-order valence-electron chi connectivity index (χ2n) is 5.61. The molecule has 0 radical (unpaired) electrons. The standard InChI is InChI=1S/C19H17N3O3S/c1-2-17(24)20-13-6-3-12(4-7-13)5-10-18(25)22-19-21-15-9-8-14(23)11-16(15)26-19/h2-4,6-9,11,23H,1,5,10H2,(H,20,24)(H,21,22,25). The van der Waals surface area contributed by atoms with Crippen molar-refractivity contribution in [2.75, 3.05) is 10.6 Å². The number of phenols is 1. The molecular weight excluding hydrogens is 350 g/mol. The highest BCUT2D eigenvalue weighted by Gasteiger charge is 2.09. The van der Waals surface area contributed by atoms with Crippen molar-refractivity contribution in [3.8, 4) is 5.75 Å². The van der Waals surface area contributed by atoms with Crippen LogP contribution in [-0.4, -0.2) is 21.9 Å². The van der Waals surface area contributed by atoms with E-state index >= 15 is 0 Å². The predicted octanol–water partition coefficient (Wildman–Crippen LogP) is 3.70. The van der Waals surface area contributed by atoms with Crippen LogP contribution in [0.1, 0.15) is 12.0 Å². The smallest absolute Gasteiger partial charge is 0.247 e. The third-order valence-electron chi connectivity index (χ3n) is 3.67. The zero-order valence-corrected chi connectivity index (χ0v) is 14.7. The fourth-order valence-electron chi connectivity index (χ4n) is 2.35. The summed E-state index contributed by atoms with van der Waals surface area (Å²) in [5.74, 6) is -0.217. The maximum atomic E-state index is 12.1. The molecule has 7 heteroatoms. The quantitative estimate of drug-likeness (QED) is 0.579. The Balaban J connectivity index is 1.54. The number of anilines is 2. The lowest BCUT2D eigenvalue weighted by atomic mass is 10.1. The molecule has 0 unspecified atom stereocenters. The van der Waals surface area contributed by atoms with Crippen LogP contribution in [0.3, 0.4) is 0 Å². The van der Waals surface area contributed by atoms with E-state index in [-0.39, 0.29) is 17.6 Å². The number of nitrogens with one attached hydrogen (secondary N) is 2. The number of rotatable bonds is 6. The highest BCUT2D eigenvalue weighted by atomic mass is 32.1. The Morgan fingerprint density at radius 3 is 2.65 bits per heavy atom. The number of phenolic OH excluding ortho intramolecular Hbond substituents is 1. The molecule has 132 valence electrons. The molecule has 1 heterocycles. The first kappa shape index (κ1) is 17.6. The molecule has 0 aliphatic carbocycles. The van der Waals surface area contributed by atoms with E-state index in [1.807, 2.05) is 12.1 Å². The maximum absolute atomic E-state index is 12.1. The SMILES string of the molecule is C=CC(=O)Nc1ccc(CCC(=O)Nc2nc3ccc(O)cc3s2)cc1. The van der Waals surface area contributed by atoms with Crippen LogP contribution in [0.5, 0.6) is 5.75 Å². The van der Waals surface area contributed by atoms with Crippen LogP contribution >= 0.6 is 11.3 Å². The topological polar surface area (TPSA) is 91.3 Å². The number of fused-ring (bicyclic) bond motifs is 1. The fourth-order valence-corrected chi connectivity index (χ4v) is 3.27. The van der Waals surface area contributed by atoms with Gasteiger partial charge in [-0.2, -0.15) is 0 Å². The van der Waals surface area contributed by atoms with E-state index < -0.39 is 0 Å². The number of nitrogens with zero attached hydrogens (tertiary/aromatic N) is 1. The van der Waals surface area contributed by atoms with Gasteiger partial charge in [0.25, 0.3) is 0 Å². The monoisotopic (exact) mass is 367 g/mol. The number of benzene rings is 2. The van der Waals surface area contributed by atoms with Crippen LogP contribution in [0, 0.1) is 0 Å². The summed E-state index contributed by atoms with van der Waals surface area (Å²) in [6.07, 6.45) is 2.11. The van der Waals surface area contributed by atoms with Gasteiger partial charge in [0.05, 0.1) is 10.2 Å². The molecule has 3 aromatic rings. The zero-order chi connectivity index (χ0) is 18.5. The lowest BCUT2D eigenvalue weighted by Crippen LogP contribution is -2.12. The van der Waals surface area contributed by atoms with Crippen molar-refractivity contribution in [1.29, 1.82) is 0 Å². The van der Waals surface area contributed by atoms with E-state index in [4.69, 9.17) is 0 Å².